The van der Waals surface area contributed by atoms with Crippen molar-refractivity contribution in [2.45, 2.75) is 25.9 Å². The third kappa shape index (κ3) is 3.01. The number of benzene rings is 1. The molecule has 0 spiro atoms. The quantitative estimate of drug-likeness (QED) is 0.598. The predicted octanol–water partition coefficient (Wildman–Crippen LogP) is 3.45. The summed E-state index contributed by atoms with van der Waals surface area (Å²) in [6.07, 6.45) is 8.36. The summed E-state index contributed by atoms with van der Waals surface area (Å²) in [7, 11) is 0. The summed E-state index contributed by atoms with van der Waals surface area (Å²) in [5.41, 5.74) is 6.08. The second-order valence-corrected chi connectivity index (χ2v) is 7.22. The molecule has 1 aliphatic rings. The SMILES string of the molecule is Cc1ccc([C@H]2c3nc[nH]c3CCN2Cc2cccn2-c2ncccn2)cc1. The third-order valence-corrected chi connectivity index (χ3v) is 5.38. The van der Waals surface area contributed by atoms with E-state index in [4.69, 9.17) is 0 Å². The fraction of sp³-hybridized carbons (Fsp3) is 0.227. The molecule has 0 amide bonds. The van der Waals surface area contributed by atoms with Gasteiger partial charge in [-0.3, -0.25) is 9.47 Å². The number of nitrogens with zero attached hydrogens (tertiary/aromatic N) is 5. The van der Waals surface area contributed by atoms with Crippen LogP contribution in [0.5, 0.6) is 0 Å². The number of aromatic nitrogens is 5. The lowest BCUT2D eigenvalue weighted by Gasteiger charge is -2.35. The monoisotopic (exact) mass is 370 g/mol. The first-order valence-electron chi connectivity index (χ1n) is 9.56. The molecule has 0 saturated heterocycles. The van der Waals surface area contributed by atoms with Crippen molar-refractivity contribution in [3.05, 3.63) is 95.6 Å². The topological polar surface area (TPSA) is 62.6 Å². The van der Waals surface area contributed by atoms with Crippen LogP contribution in [0.4, 0.5) is 0 Å². The van der Waals surface area contributed by atoms with Crippen LogP contribution in [0.15, 0.2) is 67.4 Å². The molecule has 0 bridgehead atoms. The van der Waals surface area contributed by atoms with E-state index in [2.05, 4.69) is 72.7 Å². The van der Waals surface area contributed by atoms with E-state index in [-0.39, 0.29) is 6.04 Å². The normalized spacial score (nSPS) is 16.8. The summed E-state index contributed by atoms with van der Waals surface area (Å²) in [5, 5.41) is 0. The van der Waals surface area contributed by atoms with Gasteiger partial charge < -0.3 is 4.98 Å². The zero-order chi connectivity index (χ0) is 18.9. The molecule has 0 saturated carbocycles. The van der Waals surface area contributed by atoms with E-state index in [1.807, 2.05) is 18.6 Å². The van der Waals surface area contributed by atoms with Crippen LogP contribution in [0.25, 0.3) is 5.95 Å². The van der Waals surface area contributed by atoms with Gasteiger partial charge in [-0.2, -0.15) is 0 Å². The average Bonchev–Trinajstić information content (AvgIpc) is 3.39. The van der Waals surface area contributed by atoms with Crippen molar-refractivity contribution >= 4 is 0 Å². The first-order chi connectivity index (χ1) is 13.8. The molecule has 0 aliphatic carbocycles. The molecule has 1 atom stereocenters. The van der Waals surface area contributed by atoms with E-state index in [1.54, 1.807) is 12.4 Å². The van der Waals surface area contributed by atoms with E-state index in [0.717, 1.165) is 25.2 Å². The van der Waals surface area contributed by atoms with Crippen LogP contribution in [0.1, 0.15) is 34.3 Å². The highest BCUT2D eigenvalue weighted by Gasteiger charge is 2.31. The van der Waals surface area contributed by atoms with Gasteiger partial charge in [0.1, 0.15) is 0 Å². The summed E-state index contributed by atoms with van der Waals surface area (Å²) in [4.78, 5) is 19.3. The van der Waals surface area contributed by atoms with Gasteiger partial charge in [-0.15, -0.1) is 0 Å². The van der Waals surface area contributed by atoms with E-state index < -0.39 is 0 Å². The maximum Gasteiger partial charge on any atom is 0.233 e. The first kappa shape index (κ1) is 16.9. The van der Waals surface area contributed by atoms with E-state index in [9.17, 15) is 0 Å². The average molecular weight is 370 g/mol. The largest absolute Gasteiger partial charge is 0.348 e. The van der Waals surface area contributed by atoms with E-state index >= 15 is 0 Å². The number of rotatable bonds is 4. The Balaban J connectivity index is 1.51. The van der Waals surface area contributed by atoms with Crippen LogP contribution in [-0.2, 0) is 13.0 Å². The Morgan fingerprint density at radius 2 is 1.86 bits per heavy atom. The molecule has 140 valence electrons. The van der Waals surface area contributed by atoms with Crippen molar-refractivity contribution in [2.24, 2.45) is 0 Å². The maximum atomic E-state index is 4.67. The highest BCUT2D eigenvalue weighted by atomic mass is 15.2. The molecule has 0 unspecified atom stereocenters. The van der Waals surface area contributed by atoms with E-state index in [1.165, 1.54) is 22.5 Å². The van der Waals surface area contributed by atoms with Gasteiger partial charge in [0.05, 0.1) is 18.1 Å². The van der Waals surface area contributed by atoms with Crippen LogP contribution < -0.4 is 0 Å². The van der Waals surface area contributed by atoms with Crippen molar-refractivity contribution in [3.8, 4) is 5.95 Å². The number of hydrogen-bond acceptors (Lipinski definition) is 4. The first-order valence-corrected chi connectivity index (χ1v) is 9.56. The van der Waals surface area contributed by atoms with Gasteiger partial charge in [0.25, 0.3) is 0 Å². The number of fused-ring (bicyclic) bond motifs is 1. The number of nitrogens with one attached hydrogen (secondary N) is 1. The highest BCUT2D eigenvalue weighted by molar-refractivity contribution is 5.34. The van der Waals surface area contributed by atoms with Crippen LogP contribution in [0.3, 0.4) is 0 Å². The van der Waals surface area contributed by atoms with Crippen LogP contribution in [-0.4, -0.2) is 35.9 Å². The summed E-state index contributed by atoms with van der Waals surface area (Å²) in [5.74, 6) is 0.701. The van der Waals surface area contributed by atoms with Gasteiger partial charge in [-0.1, -0.05) is 29.8 Å². The van der Waals surface area contributed by atoms with Crippen molar-refractivity contribution in [1.29, 1.82) is 0 Å². The molecule has 1 aliphatic heterocycles. The van der Waals surface area contributed by atoms with Gasteiger partial charge in [0.15, 0.2) is 0 Å². The molecule has 3 aromatic heterocycles. The minimum Gasteiger partial charge on any atom is -0.348 e. The lowest BCUT2D eigenvalue weighted by atomic mass is 9.95. The molecule has 4 aromatic rings. The number of hydrogen-bond donors (Lipinski definition) is 1. The van der Waals surface area contributed by atoms with Crippen molar-refractivity contribution in [3.63, 3.8) is 0 Å². The lowest BCUT2D eigenvalue weighted by molar-refractivity contribution is 0.197. The van der Waals surface area contributed by atoms with Crippen molar-refractivity contribution in [1.82, 2.24) is 29.4 Å². The van der Waals surface area contributed by atoms with Crippen LogP contribution in [0, 0.1) is 6.92 Å². The minimum absolute atomic E-state index is 0.135. The van der Waals surface area contributed by atoms with Crippen molar-refractivity contribution in [2.75, 3.05) is 6.54 Å². The summed E-state index contributed by atoms with van der Waals surface area (Å²) in [6.45, 7) is 3.89. The third-order valence-electron chi connectivity index (χ3n) is 5.38. The second-order valence-electron chi connectivity index (χ2n) is 7.22. The minimum atomic E-state index is 0.135. The van der Waals surface area contributed by atoms with Crippen LogP contribution >= 0.6 is 0 Å². The molecule has 6 nitrogen and oxygen atoms in total. The standard InChI is InChI=1S/C22H22N6/c1-16-5-7-17(8-6-16)21-20-19(25-15-26-20)9-13-27(21)14-18-4-2-12-28(18)22-23-10-3-11-24-22/h2-8,10-12,15,21H,9,13-14H2,1H3,(H,25,26)/t21-/m0/s1. The highest BCUT2D eigenvalue weighted by Crippen LogP contribution is 2.34. The zero-order valence-corrected chi connectivity index (χ0v) is 15.8. The van der Waals surface area contributed by atoms with E-state index in [0.29, 0.717) is 5.95 Å². The Labute approximate surface area is 163 Å². The van der Waals surface area contributed by atoms with Gasteiger partial charge in [-0.05, 0) is 30.7 Å². The molecule has 4 heterocycles. The Morgan fingerprint density at radius 1 is 1.04 bits per heavy atom. The number of imidazole rings is 1. The lowest BCUT2D eigenvalue weighted by Crippen LogP contribution is -2.36. The Hall–Kier alpha value is -3.25. The van der Waals surface area contributed by atoms with Gasteiger partial charge in [0.2, 0.25) is 5.95 Å². The molecule has 6 heteroatoms. The van der Waals surface area contributed by atoms with Gasteiger partial charge in [0, 0.05) is 49.5 Å². The van der Waals surface area contributed by atoms with Crippen molar-refractivity contribution < 1.29 is 0 Å². The fourth-order valence-electron chi connectivity index (χ4n) is 3.98. The maximum absolute atomic E-state index is 4.67. The molecular weight excluding hydrogens is 348 g/mol. The van der Waals surface area contributed by atoms with Gasteiger partial charge in [-0.25, -0.2) is 15.0 Å². The predicted molar refractivity (Wildman–Crippen MR) is 107 cm³/mol. The summed E-state index contributed by atoms with van der Waals surface area (Å²) >= 11 is 0. The number of aryl methyl sites for hydroxylation is 1. The summed E-state index contributed by atoms with van der Waals surface area (Å²) in [6, 6.07) is 15.0. The molecule has 28 heavy (non-hydrogen) atoms. The Morgan fingerprint density at radius 3 is 2.68 bits per heavy atom. The summed E-state index contributed by atoms with van der Waals surface area (Å²) < 4.78 is 2.06. The molecule has 0 radical (unpaired) electrons. The fourth-order valence-corrected chi connectivity index (χ4v) is 3.98. The van der Waals surface area contributed by atoms with Crippen LogP contribution in [0.2, 0.25) is 0 Å². The molecular formula is C22H22N6. The molecule has 1 aromatic carbocycles. The zero-order valence-electron chi connectivity index (χ0n) is 15.8. The second kappa shape index (κ2) is 7.05. The van der Waals surface area contributed by atoms with Gasteiger partial charge >= 0.3 is 0 Å². The molecule has 1 N–H and O–H groups in total. The number of aromatic amines is 1. The molecule has 0 fully saturated rings. The smallest absolute Gasteiger partial charge is 0.233 e. The molecule has 5 rings (SSSR count). The number of H-pyrrole nitrogens is 1. The Kier molecular flexibility index (Phi) is 4.25. The Bertz CT molecular complexity index is 1060.